The molecule has 0 fully saturated rings. The Hall–Kier alpha value is -2.55. The van der Waals surface area contributed by atoms with Crippen LogP contribution in [0.4, 0.5) is 0 Å². The van der Waals surface area contributed by atoms with E-state index >= 15 is 0 Å². The van der Waals surface area contributed by atoms with Crippen LogP contribution in [0.1, 0.15) is 10.4 Å². The highest BCUT2D eigenvalue weighted by atomic mass is 16.4. The number of rotatable bonds is 1. The van der Waals surface area contributed by atoms with Crippen molar-refractivity contribution < 1.29 is 15.0 Å². The van der Waals surface area contributed by atoms with Gasteiger partial charge < -0.3 is 5.11 Å². The van der Waals surface area contributed by atoms with Crippen molar-refractivity contribution in [2.24, 2.45) is 0 Å². The first-order chi connectivity index (χ1) is 8.68. The maximum atomic E-state index is 12.0. The van der Waals surface area contributed by atoms with E-state index in [2.05, 4.69) is 0 Å². The Balaban J connectivity index is 2.48. The number of carboxylic acid groups (broad SMARTS) is 1. The molecular weight excluding hydrogens is 228 g/mol. The molecule has 0 saturated carbocycles. The lowest BCUT2D eigenvalue weighted by Gasteiger charge is -2.06. The van der Waals surface area contributed by atoms with Crippen molar-refractivity contribution in [2.45, 2.75) is 0 Å². The highest BCUT2D eigenvalue weighted by molar-refractivity contribution is 6.11. The number of aromatic carboxylic acids is 1. The van der Waals surface area contributed by atoms with Crippen LogP contribution in [0.5, 0.6) is 5.75 Å². The SMILES string of the molecule is [O]c1c(C(=O)O)ccc2c1ccc1ccccc12. The minimum atomic E-state index is -1.19. The predicted molar refractivity (Wildman–Crippen MR) is 68.5 cm³/mol. The number of hydrogen-bond donors (Lipinski definition) is 1. The van der Waals surface area contributed by atoms with Crippen molar-refractivity contribution in [3.8, 4) is 5.75 Å². The molecule has 1 N–H and O–H groups in total. The van der Waals surface area contributed by atoms with Crippen LogP contribution in [0, 0.1) is 0 Å². The molecule has 0 unspecified atom stereocenters. The Morgan fingerprint density at radius 2 is 1.56 bits per heavy atom. The summed E-state index contributed by atoms with van der Waals surface area (Å²) in [6.07, 6.45) is 0. The summed E-state index contributed by atoms with van der Waals surface area (Å²) in [6.45, 7) is 0. The van der Waals surface area contributed by atoms with Crippen molar-refractivity contribution in [3.63, 3.8) is 0 Å². The van der Waals surface area contributed by atoms with E-state index in [0.717, 1.165) is 16.2 Å². The van der Waals surface area contributed by atoms with Crippen LogP contribution in [-0.2, 0) is 5.11 Å². The molecule has 0 amide bonds. The Morgan fingerprint density at radius 3 is 2.33 bits per heavy atom. The van der Waals surface area contributed by atoms with Gasteiger partial charge in [-0.05, 0) is 28.3 Å². The summed E-state index contributed by atoms with van der Waals surface area (Å²) in [7, 11) is 0. The zero-order valence-corrected chi connectivity index (χ0v) is 9.38. The van der Waals surface area contributed by atoms with E-state index < -0.39 is 11.7 Å². The average molecular weight is 237 g/mol. The summed E-state index contributed by atoms with van der Waals surface area (Å²) in [5.41, 5.74) is -0.183. The second kappa shape index (κ2) is 3.74. The average Bonchev–Trinajstić information content (AvgIpc) is 2.38. The summed E-state index contributed by atoms with van der Waals surface area (Å²) >= 11 is 0. The second-order valence-electron chi connectivity index (χ2n) is 4.13. The van der Waals surface area contributed by atoms with E-state index in [1.807, 2.05) is 30.3 Å². The van der Waals surface area contributed by atoms with Gasteiger partial charge in [0, 0.05) is 5.39 Å². The second-order valence-corrected chi connectivity index (χ2v) is 4.13. The first-order valence-corrected chi connectivity index (χ1v) is 5.53. The third kappa shape index (κ3) is 1.41. The molecule has 18 heavy (non-hydrogen) atoms. The molecule has 0 saturated heterocycles. The number of carbonyl (C=O) groups is 1. The van der Waals surface area contributed by atoms with E-state index in [-0.39, 0.29) is 5.56 Å². The zero-order valence-electron chi connectivity index (χ0n) is 9.38. The number of fused-ring (bicyclic) bond motifs is 3. The lowest BCUT2D eigenvalue weighted by Crippen LogP contribution is -1.96. The van der Waals surface area contributed by atoms with Crippen LogP contribution in [-0.4, -0.2) is 11.1 Å². The molecule has 3 aromatic rings. The number of carboxylic acids is 1. The van der Waals surface area contributed by atoms with Gasteiger partial charge in [0.15, 0.2) is 0 Å². The van der Waals surface area contributed by atoms with E-state index in [1.165, 1.54) is 6.07 Å². The van der Waals surface area contributed by atoms with Gasteiger partial charge in [-0.1, -0.05) is 36.4 Å². The van der Waals surface area contributed by atoms with Crippen molar-refractivity contribution in [3.05, 3.63) is 54.1 Å². The van der Waals surface area contributed by atoms with Gasteiger partial charge in [-0.25, -0.2) is 4.79 Å². The molecular formula is C15H9O3. The molecule has 0 heterocycles. The summed E-state index contributed by atoms with van der Waals surface area (Å²) < 4.78 is 0. The van der Waals surface area contributed by atoms with Gasteiger partial charge in [0.25, 0.3) is 0 Å². The Kier molecular flexibility index (Phi) is 2.20. The minimum absolute atomic E-state index is 0.183. The number of hydrogen-bond acceptors (Lipinski definition) is 1. The van der Waals surface area contributed by atoms with Crippen LogP contribution < -0.4 is 0 Å². The quantitative estimate of drug-likeness (QED) is 0.654. The van der Waals surface area contributed by atoms with Gasteiger partial charge in [0.05, 0.1) is 0 Å². The fourth-order valence-corrected chi connectivity index (χ4v) is 2.23. The van der Waals surface area contributed by atoms with Crippen molar-refractivity contribution >= 4 is 27.5 Å². The first kappa shape index (κ1) is 10.6. The molecule has 1 radical (unpaired) electrons. The third-order valence-electron chi connectivity index (χ3n) is 3.11. The normalized spacial score (nSPS) is 10.9. The van der Waals surface area contributed by atoms with Crippen LogP contribution in [0.2, 0.25) is 0 Å². The first-order valence-electron chi connectivity index (χ1n) is 5.53. The van der Waals surface area contributed by atoms with Crippen LogP contribution in [0.15, 0.2) is 48.5 Å². The molecule has 0 aliphatic heterocycles. The fraction of sp³-hybridized carbons (Fsp3) is 0. The van der Waals surface area contributed by atoms with E-state index in [9.17, 15) is 9.90 Å². The van der Waals surface area contributed by atoms with Crippen molar-refractivity contribution in [2.75, 3.05) is 0 Å². The molecule has 0 spiro atoms. The highest BCUT2D eigenvalue weighted by Crippen LogP contribution is 2.33. The summed E-state index contributed by atoms with van der Waals surface area (Å²) in [4.78, 5) is 10.9. The van der Waals surface area contributed by atoms with E-state index in [0.29, 0.717) is 5.39 Å². The maximum Gasteiger partial charge on any atom is 0.339 e. The van der Waals surface area contributed by atoms with E-state index in [4.69, 9.17) is 5.11 Å². The summed E-state index contributed by atoms with van der Waals surface area (Å²) in [5, 5.41) is 24.2. The zero-order chi connectivity index (χ0) is 12.7. The van der Waals surface area contributed by atoms with E-state index in [1.54, 1.807) is 12.1 Å². The van der Waals surface area contributed by atoms with Crippen LogP contribution in [0.3, 0.4) is 0 Å². The molecule has 3 heteroatoms. The molecule has 0 aromatic heterocycles. The molecule has 0 aliphatic carbocycles. The molecule has 87 valence electrons. The summed E-state index contributed by atoms with van der Waals surface area (Å²) in [5.74, 6) is -1.61. The topological polar surface area (TPSA) is 57.2 Å². The third-order valence-corrected chi connectivity index (χ3v) is 3.11. The van der Waals surface area contributed by atoms with Crippen molar-refractivity contribution in [1.29, 1.82) is 0 Å². The van der Waals surface area contributed by atoms with Gasteiger partial charge in [-0.2, -0.15) is 0 Å². The van der Waals surface area contributed by atoms with Crippen molar-refractivity contribution in [1.82, 2.24) is 0 Å². The fourth-order valence-electron chi connectivity index (χ4n) is 2.23. The predicted octanol–water partition coefficient (Wildman–Crippen LogP) is 3.84. The Morgan fingerprint density at radius 1 is 0.833 bits per heavy atom. The van der Waals surface area contributed by atoms with Gasteiger partial charge in [0.1, 0.15) is 5.56 Å². The van der Waals surface area contributed by atoms with Gasteiger partial charge in [-0.15, -0.1) is 0 Å². The number of benzene rings is 3. The molecule has 0 bridgehead atoms. The highest BCUT2D eigenvalue weighted by Gasteiger charge is 2.15. The minimum Gasteiger partial charge on any atom is -0.478 e. The Labute approximate surface area is 103 Å². The lowest BCUT2D eigenvalue weighted by atomic mass is 9.99. The van der Waals surface area contributed by atoms with Crippen LogP contribution >= 0.6 is 0 Å². The molecule has 3 aromatic carbocycles. The molecule has 0 atom stereocenters. The standard InChI is InChI=1S/C15H9O3/c16-14-12-6-5-9-3-1-2-4-10(9)11(12)7-8-13(14)15(17)18/h1-8H,(H,17,18). The Bertz CT molecular complexity index is 775. The molecule has 0 aliphatic rings. The maximum absolute atomic E-state index is 12.0. The van der Waals surface area contributed by atoms with Gasteiger partial charge in [-0.3, -0.25) is 5.11 Å². The monoisotopic (exact) mass is 237 g/mol. The molecule has 3 rings (SSSR count). The van der Waals surface area contributed by atoms with Gasteiger partial charge in [0.2, 0.25) is 5.75 Å². The summed E-state index contributed by atoms with van der Waals surface area (Å²) in [6, 6.07) is 14.3. The van der Waals surface area contributed by atoms with Crippen LogP contribution in [0.25, 0.3) is 21.5 Å². The largest absolute Gasteiger partial charge is 0.478 e. The lowest BCUT2D eigenvalue weighted by molar-refractivity contribution is 0.0692. The molecule has 3 nitrogen and oxygen atoms in total. The smallest absolute Gasteiger partial charge is 0.339 e. The van der Waals surface area contributed by atoms with Gasteiger partial charge >= 0.3 is 5.97 Å².